The first-order valence-corrected chi connectivity index (χ1v) is 43.9. The molecule has 0 amide bonds. The first kappa shape index (κ1) is 105. The quantitative estimate of drug-likeness (QED) is 0.0741. The summed E-state index contributed by atoms with van der Waals surface area (Å²) in [6.07, 6.45) is 15.0. The molecule has 0 saturated carbocycles. The summed E-state index contributed by atoms with van der Waals surface area (Å²) >= 11 is 0. The maximum absolute atomic E-state index is 10.0. The number of fused-ring (bicyclic) bond motifs is 9. The summed E-state index contributed by atoms with van der Waals surface area (Å²) in [5.74, 6) is 0.531. The van der Waals surface area contributed by atoms with Crippen LogP contribution in [0.5, 0.6) is 0 Å². The van der Waals surface area contributed by atoms with Gasteiger partial charge >= 0.3 is 0 Å². The van der Waals surface area contributed by atoms with Gasteiger partial charge in [0.15, 0.2) is 5.78 Å². The minimum absolute atomic E-state index is 0. The molecular weight excluding hydrogens is 2390 g/mol. The third-order valence-electron chi connectivity index (χ3n) is 21.2. The van der Waals surface area contributed by atoms with E-state index in [2.05, 4.69) is 238 Å². The second-order valence-electron chi connectivity index (χ2n) is 34.0. The second kappa shape index (κ2) is 50.8. The van der Waals surface area contributed by atoms with Crippen LogP contribution in [0.15, 0.2) is 396 Å². The van der Waals surface area contributed by atoms with Gasteiger partial charge in [0.2, 0.25) is 0 Å². The number of ketones is 1. The van der Waals surface area contributed by atoms with Crippen molar-refractivity contribution in [3.8, 4) is 89.9 Å². The Morgan fingerprint density at radius 2 is 0.706 bits per heavy atom. The molecule has 0 atom stereocenters. The molecule has 10 aromatic heterocycles. The fraction of sp³-hybridized carbons (Fsp3) is 0.133. The number of rotatable bonds is 11. The number of para-hydroxylation sites is 3. The van der Waals surface area contributed by atoms with Crippen LogP contribution in [0.1, 0.15) is 97.1 Å². The Labute approximate surface area is 851 Å². The zero-order valence-corrected chi connectivity index (χ0v) is 87.2. The fourth-order valence-electron chi connectivity index (χ4n) is 14.9. The van der Waals surface area contributed by atoms with E-state index >= 15 is 0 Å². The molecule has 12 nitrogen and oxygen atoms in total. The molecule has 690 valence electrons. The molecule has 0 unspecified atom stereocenters. The standard InChI is InChI=1S/C21H18NO.C19H16N.2C17H10NO.2C15H16N.C11H8N.C5H8O2.4Ir/c1-14(2)13-15-7-5-8-16-17-9-6-10-18(21(17)23-20(15)16)19-11-3-4-12-22-19;1-14-10-15(2)12-18(11-14)17-8-9-20-19(13-17)16-6-4-3-5-7-16;2*1-2-10-16-12(6-1)13-7-5-8-14(17(13)19-16)15-9-3-4-11-18-15;1-15(2,3)13-9-10-16-14(11-13)12-7-5-4-6-8-12;1-15(2,3)13-9-10-14(16-11-13)12-7-5-4-6-8-12;1-2-6-10(7-3-1)11-8-4-5-9-12-11;1-4(6)3-5(2)7;;;;/h3-9,11-12,14H,13H2,1-2H3;3-6,8-13H,1-2H3;2*1-7,9-11H;2*4-7,9-11H,1-3H3;1-6,8-9H;3,6H,1-2H3;;;;/q7*-1;;;;;. The van der Waals surface area contributed by atoms with Crippen LogP contribution in [0.25, 0.3) is 156 Å². The van der Waals surface area contributed by atoms with Crippen molar-refractivity contribution >= 4 is 71.6 Å². The zero-order chi connectivity index (χ0) is 92.4. The molecule has 136 heavy (non-hydrogen) atoms. The average Bonchev–Trinajstić information content (AvgIpc) is 1.57. The van der Waals surface area contributed by atoms with E-state index in [9.17, 15) is 4.79 Å². The van der Waals surface area contributed by atoms with Crippen molar-refractivity contribution in [1.29, 1.82) is 0 Å². The molecule has 0 fully saturated rings. The number of aliphatic hydroxyl groups excluding tert-OH is 1. The van der Waals surface area contributed by atoms with Gasteiger partial charge in [-0.05, 0) is 167 Å². The maximum atomic E-state index is 10.0. The van der Waals surface area contributed by atoms with Gasteiger partial charge in [-0.2, -0.15) is 0 Å². The van der Waals surface area contributed by atoms with Crippen LogP contribution in [-0.2, 0) is 102 Å². The maximum Gasteiger partial charge on any atom is 0.155 e. The molecular formula is C120H102Ir4N7O5-7. The number of benzene rings is 11. The molecule has 0 spiro atoms. The normalized spacial score (nSPS) is 10.8. The van der Waals surface area contributed by atoms with Crippen LogP contribution >= 0.6 is 0 Å². The van der Waals surface area contributed by atoms with Gasteiger partial charge in [0.1, 0.15) is 16.7 Å². The van der Waals surface area contributed by atoms with E-state index in [1.165, 1.54) is 64.3 Å². The second-order valence-corrected chi connectivity index (χ2v) is 34.0. The molecule has 16 heteroatoms. The number of carbonyl (C=O) groups is 1. The Morgan fingerprint density at radius 1 is 0.331 bits per heavy atom. The topological polar surface area (TPSA) is 167 Å². The Bertz CT molecular complexity index is 7130. The Hall–Kier alpha value is -13.3. The molecule has 21 rings (SSSR count). The molecule has 11 aromatic carbocycles. The summed E-state index contributed by atoms with van der Waals surface area (Å²) in [6, 6.07) is 131. The number of carbonyl (C=O) groups excluding carboxylic acids is 1. The minimum Gasteiger partial charge on any atom is -0.512 e. The van der Waals surface area contributed by atoms with E-state index in [0.717, 1.165) is 146 Å². The Kier molecular flexibility index (Phi) is 39.2. The summed E-state index contributed by atoms with van der Waals surface area (Å²) in [6.45, 7) is 24.8. The van der Waals surface area contributed by atoms with Crippen molar-refractivity contribution < 1.29 is 104 Å². The van der Waals surface area contributed by atoms with Gasteiger partial charge in [-0.25, -0.2) is 0 Å². The van der Waals surface area contributed by atoms with E-state index in [1.807, 2.05) is 255 Å². The van der Waals surface area contributed by atoms with Gasteiger partial charge in [0, 0.05) is 146 Å². The number of aliphatic hydroxyl groups is 1. The summed E-state index contributed by atoms with van der Waals surface area (Å²) in [7, 11) is 0. The van der Waals surface area contributed by atoms with Crippen LogP contribution in [0, 0.1) is 62.2 Å². The number of hydrogen-bond acceptors (Lipinski definition) is 12. The van der Waals surface area contributed by atoms with E-state index in [0.29, 0.717) is 5.92 Å². The number of nitrogens with zero attached hydrogens (tertiary/aromatic N) is 7. The van der Waals surface area contributed by atoms with Crippen LogP contribution < -0.4 is 0 Å². The SMILES string of the molecule is CC(=O)C=C(C)O.CC(C)(C)c1ccc(-c2[c-]cccc2)nc1.CC(C)(C)c1ccnc(-c2[c-]cccc2)c1.CC(C)Cc1cccc2c1oc1c(-c3ccccn3)[c-]ccc12.Cc1cc(C)cc(-c2ccnc(-c3[c-]cccc3)c2)c1.[Ir].[Ir].[Ir].[Ir].[c-]1ccc2c(oc3ccccc32)c1-c1ccccn1.[c-]1ccc2c(oc3ccccc32)c1-c1ccccn1.[c-]1ccccc1-c1ccccn1. The summed E-state index contributed by atoms with van der Waals surface area (Å²) in [5.41, 5.74) is 28.0. The number of aryl methyl sites for hydroxylation is 2. The molecule has 0 saturated heterocycles. The predicted molar refractivity (Wildman–Crippen MR) is 539 cm³/mol. The van der Waals surface area contributed by atoms with Gasteiger partial charge in [-0.15, -0.1) is 198 Å². The van der Waals surface area contributed by atoms with Gasteiger partial charge in [-0.1, -0.05) is 245 Å². The zero-order valence-electron chi connectivity index (χ0n) is 77.6. The van der Waals surface area contributed by atoms with Crippen molar-refractivity contribution in [2.45, 2.75) is 100 Å². The number of hydrogen-bond donors (Lipinski definition) is 1. The van der Waals surface area contributed by atoms with Crippen LogP contribution in [0.3, 0.4) is 0 Å². The third kappa shape index (κ3) is 28.4. The molecule has 0 aliphatic rings. The first-order chi connectivity index (χ1) is 64.1. The largest absolute Gasteiger partial charge is 0.512 e. The van der Waals surface area contributed by atoms with Crippen molar-refractivity contribution in [2.24, 2.45) is 5.92 Å². The number of furan rings is 3. The smallest absolute Gasteiger partial charge is 0.155 e. The molecule has 21 aromatic rings. The van der Waals surface area contributed by atoms with Crippen molar-refractivity contribution in [3.05, 3.63) is 453 Å². The monoisotopic (exact) mass is 2490 g/mol. The van der Waals surface area contributed by atoms with E-state index < -0.39 is 0 Å². The van der Waals surface area contributed by atoms with Crippen LogP contribution in [-0.4, -0.2) is 45.8 Å². The summed E-state index contributed by atoms with van der Waals surface area (Å²) < 4.78 is 18.2. The number of pyridine rings is 7. The van der Waals surface area contributed by atoms with Crippen molar-refractivity contribution in [3.63, 3.8) is 0 Å². The molecule has 0 bridgehead atoms. The molecule has 0 aliphatic carbocycles. The Morgan fingerprint density at radius 3 is 1.10 bits per heavy atom. The van der Waals surface area contributed by atoms with E-state index in [1.54, 1.807) is 24.8 Å². The van der Waals surface area contributed by atoms with Gasteiger partial charge in [0.25, 0.3) is 0 Å². The minimum atomic E-state index is -0.125. The van der Waals surface area contributed by atoms with Gasteiger partial charge in [0.05, 0.1) is 22.5 Å². The predicted octanol–water partition coefficient (Wildman–Crippen LogP) is 30.6. The molecule has 1 N–H and O–H groups in total. The molecule has 10 heterocycles. The van der Waals surface area contributed by atoms with Gasteiger partial charge in [-0.3, -0.25) is 4.79 Å². The third-order valence-corrected chi connectivity index (χ3v) is 21.2. The van der Waals surface area contributed by atoms with Gasteiger partial charge < -0.3 is 53.2 Å². The van der Waals surface area contributed by atoms with Crippen molar-refractivity contribution in [2.75, 3.05) is 0 Å². The fourth-order valence-corrected chi connectivity index (χ4v) is 14.9. The van der Waals surface area contributed by atoms with Crippen LogP contribution in [0.4, 0.5) is 0 Å². The Balaban J connectivity index is 0.000000162. The summed E-state index contributed by atoms with van der Waals surface area (Å²) in [5, 5.41) is 15.1. The average molecular weight is 2490 g/mol. The number of aromatic nitrogens is 7. The van der Waals surface area contributed by atoms with E-state index in [4.69, 9.17) is 18.4 Å². The molecule has 0 aliphatic heterocycles. The van der Waals surface area contributed by atoms with Crippen LogP contribution in [0.2, 0.25) is 0 Å². The number of allylic oxidation sites excluding steroid dienone is 2. The first-order valence-electron chi connectivity index (χ1n) is 43.9. The van der Waals surface area contributed by atoms with E-state index in [-0.39, 0.29) is 103 Å². The van der Waals surface area contributed by atoms with Crippen molar-refractivity contribution in [1.82, 2.24) is 34.9 Å². The summed E-state index contributed by atoms with van der Waals surface area (Å²) in [4.78, 5) is 40.8. The molecule has 4 radical (unpaired) electrons.